The van der Waals surface area contributed by atoms with E-state index in [0.29, 0.717) is 23.5 Å². The second-order valence-electron chi connectivity index (χ2n) is 7.40. The fraction of sp³-hybridized carbons (Fsp3) is 0.364. The van der Waals surface area contributed by atoms with Gasteiger partial charge in [0.1, 0.15) is 5.75 Å². The predicted molar refractivity (Wildman–Crippen MR) is 100 cm³/mol. The van der Waals surface area contributed by atoms with Crippen molar-refractivity contribution in [3.63, 3.8) is 0 Å². The van der Waals surface area contributed by atoms with Gasteiger partial charge in [0, 0.05) is 5.39 Å². The highest BCUT2D eigenvalue weighted by atomic mass is 16.3. The molecular weight excluding hydrogens is 280 g/mol. The van der Waals surface area contributed by atoms with E-state index in [-0.39, 0.29) is 0 Å². The molecule has 0 bridgehead atoms. The van der Waals surface area contributed by atoms with Crippen LogP contribution in [-0.4, -0.2) is 5.11 Å². The zero-order valence-corrected chi connectivity index (χ0v) is 14.5. The molecule has 3 aromatic rings. The maximum absolute atomic E-state index is 10.1. The van der Waals surface area contributed by atoms with Gasteiger partial charge in [-0.2, -0.15) is 0 Å². The average molecular weight is 306 g/mol. The Bertz CT molecular complexity index is 830. The molecule has 0 amide bonds. The lowest BCUT2D eigenvalue weighted by atomic mass is 9.80. The molecule has 1 N–H and O–H groups in total. The molecule has 0 radical (unpaired) electrons. The van der Waals surface area contributed by atoms with Gasteiger partial charge < -0.3 is 5.11 Å². The molecule has 1 heteroatoms. The summed E-state index contributed by atoms with van der Waals surface area (Å²) in [6, 6.07) is 16.7. The number of rotatable bonds is 4. The van der Waals surface area contributed by atoms with Crippen LogP contribution in [0.15, 0.2) is 48.5 Å². The van der Waals surface area contributed by atoms with Crippen LogP contribution in [0, 0.1) is 11.8 Å². The van der Waals surface area contributed by atoms with Gasteiger partial charge in [0.25, 0.3) is 0 Å². The minimum atomic E-state index is 0.359. The normalized spacial score (nSPS) is 13.3. The molecule has 0 saturated carbocycles. The molecule has 0 aliphatic heterocycles. The lowest BCUT2D eigenvalue weighted by molar-refractivity contribution is 0.410. The van der Waals surface area contributed by atoms with E-state index in [9.17, 15) is 5.11 Å². The quantitative estimate of drug-likeness (QED) is 0.547. The van der Waals surface area contributed by atoms with E-state index >= 15 is 0 Å². The number of hydrogen-bond donors (Lipinski definition) is 1. The first kappa shape index (κ1) is 15.9. The fourth-order valence-corrected chi connectivity index (χ4v) is 3.65. The number of phenols is 1. The van der Waals surface area contributed by atoms with Gasteiger partial charge in [-0.1, -0.05) is 58.0 Å². The van der Waals surface area contributed by atoms with E-state index in [4.69, 9.17) is 0 Å². The first-order valence-electron chi connectivity index (χ1n) is 8.61. The molecule has 3 rings (SSSR count). The lowest BCUT2D eigenvalue weighted by Crippen LogP contribution is -2.10. The lowest BCUT2D eigenvalue weighted by Gasteiger charge is -2.25. The minimum Gasteiger partial charge on any atom is -0.507 e. The van der Waals surface area contributed by atoms with Crippen LogP contribution in [0.2, 0.25) is 0 Å². The number of phenolic OH excluding ortho intramolecular Hbond substituents is 1. The summed E-state index contributed by atoms with van der Waals surface area (Å²) >= 11 is 0. The van der Waals surface area contributed by atoms with Crippen molar-refractivity contribution in [1.29, 1.82) is 0 Å². The Morgan fingerprint density at radius 3 is 2.09 bits per heavy atom. The van der Waals surface area contributed by atoms with Crippen LogP contribution >= 0.6 is 0 Å². The molecular formula is C22H26O. The van der Waals surface area contributed by atoms with Crippen LogP contribution in [0.5, 0.6) is 5.75 Å². The highest BCUT2D eigenvalue weighted by molar-refractivity contribution is 6.02. The summed E-state index contributed by atoms with van der Waals surface area (Å²) in [6.07, 6.45) is 1.20. The van der Waals surface area contributed by atoms with Gasteiger partial charge >= 0.3 is 0 Å². The zero-order valence-electron chi connectivity index (χ0n) is 14.5. The second-order valence-corrected chi connectivity index (χ2v) is 7.40. The van der Waals surface area contributed by atoms with E-state index in [2.05, 4.69) is 64.1 Å². The molecule has 120 valence electrons. The molecule has 0 aliphatic rings. The summed E-state index contributed by atoms with van der Waals surface area (Å²) in [5.74, 6) is 2.22. The third-order valence-electron chi connectivity index (χ3n) is 4.82. The largest absolute Gasteiger partial charge is 0.507 e. The van der Waals surface area contributed by atoms with E-state index < -0.39 is 0 Å². The summed E-state index contributed by atoms with van der Waals surface area (Å²) in [7, 11) is 0. The monoisotopic (exact) mass is 306 g/mol. The van der Waals surface area contributed by atoms with E-state index in [1.165, 1.54) is 22.8 Å². The Kier molecular flexibility index (Phi) is 4.30. The van der Waals surface area contributed by atoms with Gasteiger partial charge in [-0.25, -0.2) is 0 Å². The van der Waals surface area contributed by atoms with Crippen molar-refractivity contribution in [1.82, 2.24) is 0 Å². The van der Waals surface area contributed by atoms with E-state index in [1.54, 1.807) is 6.07 Å². The van der Waals surface area contributed by atoms with Crippen LogP contribution in [0.25, 0.3) is 21.5 Å². The van der Waals surface area contributed by atoms with Gasteiger partial charge in [-0.05, 0) is 64.1 Å². The van der Waals surface area contributed by atoms with E-state index in [1.807, 2.05) is 6.07 Å². The van der Waals surface area contributed by atoms with Gasteiger partial charge in [0.05, 0.1) is 0 Å². The van der Waals surface area contributed by atoms with Crippen molar-refractivity contribution in [2.45, 2.75) is 40.0 Å². The highest BCUT2D eigenvalue weighted by Crippen LogP contribution is 2.37. The minimum absolute atomic E-state index is 0.359. The third-order valence-corrected chi connectivity index (χ3v) is 4.82. The van der Waals surface area contributed by atoms with Gasteiger partial charge in [0.15, 0.2) is 0 Å². The standard InChI is InChI=1S/C22H26O/c1-14(2)11-19(15(3)4)18-9-5-7-16-13-21-17(12-20(16)18)8-6-10-22(21)23/h5-10,12-15,19,23H,11H2,1-4H3. The molecule has 23 heavy (non-hydrogen) atoms. The summed E-state index contributed by atoms with van der Waals surface area (Å²) < 4.78 is 0. The summed E-state index contributed by atoms with van der Waals surface area (Å²) in [6.45, 7) is 9.24. The fourth-order valence-electron chi connectivity index (χ4n) is 3.65. The topological polar surface area (TPSA) is 20.2 Å². The van der Waals surface area contributed by atoms with E-state index in [0.717, 1.165) is 10.8 Å². The summed E-state index contributed by atoms with van der Waals surface area (Å²) in [5.41, 5.74) is 1.44. The maximum Gasteiger partial charge on any atom is 0.123 e. The van der Waals surface area contributed by atoms with Gasteiger partial charge in [-0.15, -0.1) is 0 Å². The van der Waals surface area contributed by atoms with Crippen molar-refractivity contribution in [3.8, 4) is 5.75 Å². The predicted octanol–water partition coefficient (Wildman–Crippen LogP) is 6.48. The number of aromatic hydroxyl groups is 1. The Morgan fingerprint density at radius 1 is 0.826 bits per heavy atom. The van der Waals surface area contributed by atoms with Crippen LogP contribution in [-0.2, 0) is 0 Å². The number of hydrogen-bond acceptors (Lipinski definition) is 1. The van der Waals surface area contributed by atoms with Crippen molar-refractivity contribution in [3.05, 3.63) is 54.1 Å². The van der Waals surface area contributed by atoms with Gasteiger partial charge in [-0.3, -0.25) is 0 Å². The summed E-state index contributed by atoms with van der Waals surface area (Å²) in [5, 5.41) is 14.7. The molecule has 1 unspecified atom stereocenters. The average Bonchev–Trinajstić information content (AvgIpc) is 2.50. The van der Waals surface area contributed by atoms with Crippen molar-refractivity contribution in [2.75, 3.05) is 0 Å². The summed E-state index contributed by atoms with van der Waals surface area (Å²) in [4.78, 5) is 0. The van der Waals surface area contributed by atoms with Crippen molar-refractivity contribution < 1.29 is 5.11 Å². The molecule has 0 aromatic heterocycles. The Labute approximate surface area is 139 Å². The third kappa shape index (κ3) is 3.06. The van der Waals surface area contributed by atoms with Crippen LogP contribution in [0.1, 0.15) is 45.6 Å². The van der Waals surface area contributed by atoms with Crippen LogP contribution in [0.3, 0.4) is 0 Å². The Hall–Kier alpha value is -2.02. The molecule has 0 heterocycles. The van der Waals surface area contributed by atoms with Crippen molar-refractivity contribution in [2.24, 2.45) is 11.8 Å². The zero-order chi connectivity index (χ0) is 16.6. The molecule has 1 atom stereocenters. The molecule has 3 aromatic carbocycles. The smallest absolute Gasteiger partial charge is 0.123 e. The van der Waals surface area contributed by atoms with Crippen LogP contribution < -0.4 is 0 Å². The number of fused-ring (bicyclic) bond motifs is 2. The first-order chi connectivity index (χ1) is 11.0. The first-order valence-corrected chi connectivity index (χ1v) is 8.61. The van der Waals surface area contributed by atoms with Crippen LogP contribution in [0.4, 0.5) is 0 Å². The Morgan fingerprint density at radius 2 is 1.43 bits per heavy atom. The maximum atomic E-state index is 10.1. The molecule has 0 saturated heterocycles. The number of benzene rings is 3. The second kappa shape index (κ2) is 6.23. The van der Waals surface area contributed by atoms with Gasteiger partial charge in [0.2, 0.25) is 0 Å². The molecule has 0 fully saturated rings. The molecule has 0 aliphatic carbocycles. The molecule has 1 nitrogen and oxygen atoms in total. The highest BCUT2D eigenvalue weighted by Gasteiger charge is 2.19. The van der Waals surface area contributed by atoms with Crippen molar-refractivity contribution >= 4 is 21.5 Å². The SMILES string of the molecule is CC(C)CC(c1cccc2cc3c(O)cccc3cc12)C(C)C. The Balaban J connectivity index is 2.24. The molecule has 0 spiro atoms.